The fourth-order valence-electron chi connectivity index (χ4n) is 9.43. The summed E-state index contributed by atoms with van der Waals surface area (Å²) in [5.41, 5.74) is -1.56. The zero-order chi connectivity index (χ0) is 57.1. The lowest BCUT2D eigenvalue weighted by atomic mass is 9.78. The molecule has 5 unspecified atom stereocenters. The van der Waals surface area contributed by atoms with E-state index in [9.17, 15) is 70.5 Å². The Kier molecular flexibility index (Phi) is 20.3. The highest BCUT2D eigenvalue weighted by atomic mass is 32.2. The van der Waals surface area contributed by atoms with Crippen LogP contribution in [0, 0.1) is 23.4 Å². The number of hydrogen-bond acceptors (Lipinski definition) is 16. The number of aromatic hydroxyl groups is 1. The summed E-state index contributed by atoms with van der Waals surface area (Å²) in [6.45, 7) is -0.470. The van der Waals surface area contributed by atoms with Crippen molar-refractivity contribution in [2.75, 3.05) is 54.5 Å². The van der Waals surface area contributed by atoms with Crippen LogP contribution in [-0.2, 0) is 59.3 Å². The number of sulfone groups is 1. The number of allylic oxidation sites excluding steroid dienone is 2. The summed E-state index contributed by atoms with van der Waals surface area (Å²) in [6.07, 6.45) is 7.86. The number of rotatable bonds is 25. The maximum Gasteiger partial charge on any atom is 0.327 e. The van der Waals surface area contributed by atoms with E-state index in [2.05, 4.69) is 16.0 Å². The molecule has 0 aromatic heterocycles. The molecule has 3 aliphatic carbocycles. The first-order valence-electron chi connectivity index (χ1n) is 25.0. The highest BCUT2D eigenvalue weighted by molar-refractivity contribution is 8.00. The molecule has 2 aliphatic heterocycles. The largest absolute Gasteiger partial charge is 0.508 e. The van der Waals surface area contributed by atoms with Gasteiger partial charge in [0.15, 0.2) is 32.7 Å². The fourth-order valence-corrected chi connectivity index (χ4v) is 12.4. The van der Waals surface area contributed by atoms with E-state index in [4.69, 9.17) is 13.9 Å². The number of anilines is 2. The Morgan fingerprint density at radius 3 is 2.28 bits per heavy atom. The number of imide groups is 1. The van der Waals surface area contributed by atoms with E-state index in [1.165, 1.54) is 48.6 Å². The Morgan fingerprint density at radius 1 is 0.873 bits per heavy atom. The molecular formula is C51H56F3N5O17S3. The van der Waals surface area contributed by atoms with Crippen LogP contribution in [0.3, 0.4) is 0 Å². The SMILES string of the molecule is O=C(CCS(=O)(=O)c1c(F)c(F)c(NS(=O)O)c(F)c1NC1CCCCCCC1)NCCOCCOCCC(=O)NC(CSC1CC(=O)N(C2=CC(C(=O)O)C(c3c4ccc(=O)cc-4oc4cc(O)ccc34)C=C2)C1=O)C(=O)O. The van der Waals surface area contributed by atoms with E-state index in [0.29, 0.717) is 42.2 Å². The number of thioether (sulfide) groups is 1. The maximum atomic E-state index is 15.7. The smallest absolute Gasteiger partial charge is 0.327 e. The average Bonchev–Trinajstić information content (AvgIpc) is 3.76. The molecule has 0 spiro atoms. The van der Waals surface area contributed by atoms with Gasteiger partial charge in [-0.1, -0.05) is 38.2 Å². The summed E-state index contributed by atoms with van der Waals surface area (Å²) in [6, 6.07) is 6.29. The molecule has 0 bridgehead atoms. The Bertz CT molecular complexity index is 3220. The molecule has 1 saturated carbocycles. The van der Waals surface area contributed by atoms with E-state index >= 15 is 8.78 Å². The number of nitrogens with one attached hydrogen (secondary N) is 4. The number of carbonyl (C=O) groups excluding carboxylic acids is 4. The number of aliphatic carboxylic acids is 2. The number of fused-ring (bicyclic) bond motifs is 2. The zero-order valence-corrected chi connectivity index (χ0v) is 44.5. The minimum atomic E-state index is -4.88. The summed E-state index contributed by atoms with van der Waals surface area (Å²) in [4.78, 5) is 88.9. The predicted molar refractivity (Wildman–Crippen MR) is 281 cm³/mol. The van der Waals surface area contributed by atoms with Gasteiger partial charge in [0, 0.05) is 72.3 Å². The molecule has 5 atom stereocenters. The number of carboxylic acid groups (broad SMARTS) is 2. The Morgan fingerprint density at radius 2 is 1.58 bits per heavy atom. The summed E-state index contributed by atoms with van der Waals surface area (Å²) in [5.74, 6) is -14.9. The first-order valence-corrected chi connectivity index (χ1v) is 28.8. The number of phenolic OH excluding ortho intramolecular Hbond substituents is 1. The Hall–Kier alpha value is -6.85. The molecule has 4 amide bonds. The number of halogens is 3. The third-order valence-corrected chi connectivity index (χ3v) is 16.7. The Labute approximate surface area is 456 Å². The standard InChI is InChI=1S/C51H56F3N5O17S3/c52-43-44(53)48(47(45(54)46(43)58-78(70)71)56-27-6-4-2-1-3-5-7-27)79(72,73)21-15-39(62)55-16-18-75-20-19-74-17-14-40(63)57-35(51(68)69)26-77-38-25-41(64)59(49(38)65)28-8-11-31(34(22-28)50(66)67)42-32-12-9-29(60)23-36(32)76-37-24-30(61)10-13-33(37)42/h8-13,22-24,27,31,34-35,38,56,58,60H,1-7,14-21,25-26H2,(H,55,62)(H,57,63)(H,66,67)(H,68,69)(H,70,71). The van der Waals surface area contributed by atoms with E-state index in [1.807, 2.05) is 0 Å². The van der Waals surface area contributed by atoms with Crippen LogP contribution in [0.15, 0.2) is 74.4 Å². The van der Waals surface area contributed by atoms with E-state index in [1.54, 1.807) is 10.8 Å². The van der Waals surface area contributed by atoms with Crippen LogP contribution in [0.2, 0.25) is 0 Å². The Balaban J connectivity index is 0.827. The van der Waals surface area contributed by atoms with Crippen molar-refractivity contribution in [3.63, 3.8) is 0 Å². The fraction of sp³-hybridized carbons (Fsp3) is 0.431. The third-order valence-electron chi connectivity index (χ3n) is 13.3. The van der Waals surface area contributed by atoms with E-state index in [0.717, 1.165) is 35.9 Å². The molecule has 22 nitrogen and oxygen atoms in total. The van der Waals surface area contributed by atoms with Crippen LogP contribution in [0.5, 0.6) is 5.75 Å². The van der Waals surface area contributed by atoms with Gasteiger partial charge in [0.2, 0.25) is 23.6 Å². The molecule has 8 N–H and O–H groups in total. The van der Waals surface area contributed by atoms with Crippen molar-refractivity contribution in [2.24, 2.45) is 5.92 Å². The van der Waals surface area contributed by atoms with Gasteiger partial charge in [-0.3, -0.25) is 38.0 Å². The first kappa shape index (κ1) is 59.8. The van der Waals surface area contributed by atoms with Gasteiger partial charge in [-0.05, 0) is 54.8 Å². The predicted octanol–water partition coefficient (Wildman–Crippen LogP) is 5.17. The number of carbonyl (C=O) groups is 6. The third kappa shape index (κ3) is 14.9. The second-order valence-corrected chi connectivity index (χ2v) is 22.7. The molecule has 79 heavy (non-hydrogen) atoms. The van der Waals surface area contributed by atoms with E-state index < -0.39 is 132 Å². The number of phenols is 1. The monoisotopic (exact) mass is 1160 g/mol. The number of hydrogen-bond donors (Lipinski definition) is 8. The summed E-state index contributed by atoms with van der Waals surface area (Å²) in [5, 5.41) is 37.3. The van der Waals surface area contributed by atoms with Crippen molar-refractivity contribution in [3.8, 4) is 17.1 Å². The van der Waals surface area contributed by atoms with Crippen LogP contribution in [0.1, 0.15) is 75.7 Å². The van der Waals surface area contributed by atoms with Crippen molar-refractivity contribution in [1.29, 1.82) is 0 Å². The lowest BCUT2D eigenvalue weighted by Gasteiger charge is -2.29. The lowest BCUT2D eigenvalue weighted by molar-refractivity contribution is -0.141. The van der Waals surface area contributed by atoms with Gasteiger partial charge >= 0.3 is 11.9 Å². The summed E-state index contributed by atoms with van der Waals surface area (Å²) < 4.78 is 112. The van der Waals surface area contributed by atoms with Gasteiger partial charge in [-0.25, -0.2) is 35.5 Å². The van der Waals surface area contributed by atoms with Crippen LogP contribution < -0.4 is 26.1 Å². The van der Waals surface area contributed by atoms with E-state index in [-0.39, 0.29) is 79.8 Å². The van der Waals surface area contributed by atoms with Gasteiger partial charge in [-0.15, -0.1) is 11.8 Å². The van der Waals surface area contributed by atoms with Gasteiger partial charge in [0.05, 0.1) is 49.0 Å². The maximum absolute atomic E-state index is 15.7. The molecule has 7 rings (SSSR count). The molecular weight excluding hydrogens is 1110 g/mol. The van der Waals surface area contributed by atoms with Crippen molar-refractivity contribution >= 4 is 90.8 Å². The topological polar surface area (TPSA) is 335 Å². The minimum Gasteiger partial charge on any atom is -0.508 e. The molecule has 28 heteroatoms. The minimum absolute atomic E-state index is 0.0141. The molecule has 2 aromatic rings. The summed E-state index contributed by atoms with van der Waals surface area (Å²) >= 11 is -2.22. The number of carboxylic acids is 2. The van der Waals surface area contributed by atoms with Gasteiger partial charge in [0.1, 0.15) is 33.7 Å². The van der Waals surface area contributed by atoms with Gasteiger partial charge in [0.25, 0.3) is 11.3 Å². The molecule has 426 valence electrons. The second kappa shape index (κ2) is 26.9. The number of likely N-dealkylation sites (tertiary alicyclic amines) is 1. The number of ether oxygens (including phenoxy) is 2. The van der Waals surface area contributed by atoms with Crippen LogP contribution in [0.25, 0.3) is 22.3 Å². The highest BCUT2D eigenvalue weighted by Crippen LogP contribution is 2.45. The van der Waals surface area contributed by atoms with Crippen LogP contribution >= 0.6 is 11.8 Å². The quantitative estimate of drug-likeness (QED) is 0.0140. The van der Waals surface area contributed by atoms with Crippen molar-refractivity contribution in [3.05, 3.63) is 93.6 Å². The second-order valence-electron chi connectivity index (χ2n) is 18.7. The molecule has 0 radical (unpaired) electrons. The molecule has 1 saturated heterocycles. The average molecular weight is 1160 g/mol. The van der Waals surface area contributed by atoms with Crippen molar-refractivity contribution in [2.45, 2.75) is 92.4 Å². The van der Waals surface area contributed by atoms with Crippen molar-refractivity contribution in [1.82, 2.24) is 15.5 Å². The molecule has 5 aliphatic rings. The van der Waals surface area contributed by atoms with Gasteiger partial charge in [-0.2, -0.15) is 0 Å². The number of amides is 4. The summed E-state index contributed by atoms with van der Waals surface area (Å²) in [7, 11) is -4.88. The first-order chi connectivity index (χ1) is 37.6. The zero-order valence-electron chi connectivity index (χ0n) is 42.0. The molecule has 2 aromatic carbocycles. The van der Waals surface area contributed by atoms with Crippen molar-refractivity contribution < 1.29 is 88.3 Å². The number of nitrogens with zero attached hydrogens (tertiary/aromatic N) is 1. The number of benzene rings is 3. The lowest BCUT2D eigenvalue weighted by Crippen LogP contribution is -2.43. The molecule has 2 heterocycles. The normalized spacial score (nSPS) is 18.9. The van der Waals surface area contributed by atoms with Crippen LogP contribution in [0.4, 0.5) is 24.5 Å². The van der Waals surface area contributed by atoms with Crippen LogP contribution in [-0.4, -0.2) is 135 Å². The molecule has 2 fully saturated rings. The highest BCUT2D eigenvalue weighted by Gasteiger charge is 2.43. The van der Waals surface area contributed by atoms with Gasteiger partial charge < -0.3 is 45.2 Å².